The van der Waals surface area contributed by atoms with Crippen molar-refractivity contribution in [2.75, 3.05) is 0 Å². The van der Waals surface area contributed by atoms with E-state index >= 15 is 0 Å². The van der Waals surface area contributed by atoms with Crippen LogP contribution in [-0.4, -0.2) is 15.7 Å². The Morgan fingerprint density at radius 1 is 1.05 bits per heavy atom. The quantitative estimate of drug-likeness (QED) is 0.149. The third kappa shape index (κ3) is 6.44. The lowest BCUT2D eigenvalue weighted by Gasteiger charge is -2.09. The molecule has 0 aliphatic carbocycles. The summed E-state index contributed by atoms with van der Waals surface area (Å²) in [5, 5.41) is 18.3. The predicted octanol–water partition coefficient (Wildman–Crippen LogP) is 7.24. The zero-order valence-electron chi connectivity index (χ0n) is 21.1. The summed E-state index contributed by atoms with van der Waals surface area (Å²) in [7, 11) is 0. The number of hydrogen-bond donors (Lipinski definition) is 1. The number of aromatic nitrogens is 2. The molecule has 0 saturated carbocycles. The molecule has 9 heteroatoms. The molecule has 0 atom stereocenters. The van der Waals surface area contributed by atoms with Crippen molar-refractivity contribution in [3.8, 4) is 28.8 Å². The normalized spacial score (nSPS) is 11.2. The predicted molar refractivity (Wildman–Crippen MR) is 154 cm³/mol. The van der Waals surface area contributed by atoms with Gasteiger partial charge in [-0.1, -0.05) is 47.5 Å². The van der Waals surface area contributed by atoms with E-state index in [1.54, 1.807) is 35.1 Å². The van der Waals surface area contributed by atoms with Crippen LogP contribution >= 0.6 is 23.2 Å². The fourth-order valence-corrected chi connectivity index (χ4v) is 4.38. The van der Waals surface area contributed by atoms with Gasteiger partial charge in [-0.05, 0) is 66.7 Å². The lowest BCUT2D eigenvalue weighted by atomic mass is 10.1. The Morgan fingerprint density at radius 2 is 1.85 bits per heavy atom. The molecule has 7 nitrogen and oxygen atoms in total. The second-order valence-electron chi connectivity index (χ2n) is 8.69. The maximum atomic E-state index is 12.8. The summed E-state index contributed by atoms with van der Waals surface area (Å²) in [5.74, 6) is 0.718. The van der Waals surface area contributed by atoms with Crippen LogP contribution in [-0.2, 0) is 17.9 Å². The van der Waals surface area contributed by atoms with Gasteiger partial charge in [-0.3, -0.25) is 4.79 Å². The lowest BCUT2D eigenvalue weighted by molar-refractivity contribution is -0.117. The number of carbonyl (C=O) groups excluding carboxylic acids is 1. The number of furan rings is 1. The van der Waals surface area contributed by atoms with Gasteiger partial charge in [-0.15, -0.1) is 0 Å². The third-order valence-electron chi connectivity index (χ3n) is 5.97. The highest BCUT2D eigenvalue weighted by atomic mass is 35.5. The van der Waals surface area contributed by atoms with Crippen molar-refractivity contribution in [2.24, 2.45) is 0 Å². The van der Waals surface area contributed by atoms with Gasteiger partial charge in [-0.25, -0.2) is 4.68 Å². The average molecular weight is 569 g/mol. The average Bonchev–Trinajstić information content (AvgIpc) is 3.65. The van der Waals surface area contributed by atoms with Crippen LogP contribution in [0.5, 0.6) is 5.75 Å². The summed E-state index contributed by atoms with van der Waals surface area (Å²) in [6.07, 6.45) is 4.84. The monoisotopic (exact) mass is 568 g/mol. The van der Waals surface area contributed by atoms with Crippen LogP contribution in [0.1, 0.15) is 16.9 Å². The van der Waals surface area contributed by atoms with Gasteiger partial charge in [0.15, 0.2) is 0 Å². The molecule has 1 amide bonds. The first kappa shape index (κ1) is 26.8. The van der Waals surface area contributed by atoms with Gasteiger partial charge >= 0.3 is 0 Å². The number of hydrogen-bond acceptors (Lipinski definition) is 5. The number of rotatable bonds is 9. The molecule has 3 aromatic carbocycles. The second-order valence-corrected chi connectivity index (χ2v) is 9.54. The summed E-state index contributed by atoms with van der Waals surface area (Å²) in [4.78, 5) is 12.8. The number of nitrogens with zero attached hydrogens (tertiary/aromatic N) is 3. The molecule has 0 spiro atoms. The molecule has 5 aromatic rings. The topological polar surface area (TPSA) is 93.1 Å². The van der Waals surface area contributed by atoms with E-state index in [1.807, 2.05) is 66.7 Å². The van der Waals surface area contributed by atoms with Crippen molar-refractivity contribution in [1.29, 1.82) is 5.26 Å². The molecule has 0 bridgehead atoms. The largest absolute Gasteiger partial charge is 0.489 e. The maximum absolute atomic E-state index is 12.8. The summed E-state index contributed by atoms with van der Waals surface area (Å²) in [5.41, 5.74) is 3.59. The minimum absolute atomic E-state index is 0.0554. The molecular weight excluding hydrogens is 547 g/mol. The number of ether oxygens (including phenoxy) is 1. The second kappa shape index (κ2) is 12.4. The number of carbonyl (C=O) groups is 1. The highest BCUT2D eigenvalue weighted by molar-refractivity contribution is 6.35. The van der Waals surface area contributed by atoms with Gasteiger partial charge < -0.3 is 14.5 Å². The molecule has 0 radical (unpaired) electrons. The van der Waals surface area contributed by atoms with E-state index in [4.69, 9.17) is 37.5 Å². The van der Waals surface area contributed by atoms with Gasteiger partial charge in [0.1, 0.15) is 29.8 Å². The molecule has 0 unspecified atom stereocenters. The fraction of sp³-hybridized carbons (Fsp3) is 0.0645. The number of para-hydroxylation sites is 1. The highest BCUT2D eigenvalue weighted by Gasteiger charge is 2.16. The molecule has 0 fully saturated rings. The van der Waals surface area contributed by atoms with E-state index in [1.165, 1.54) is 12.3 Å². The van der Waals surface area contributed by atoms with E-state index in [9.17, 15) is 10.1 Å². The van der Waals surface area contributed by atoms with Crippen LogP contribution in [0, 0.1) is 11.3 Å². The molecule has 0 aliphatic heterocycles. The first-order valence-corrected chi connectivity index (χ1v) is 13.0. The Hall–Kier alpha value is -4.77. The Balaban J connectivity index is 1.41. The van der Waals surface area contributed by atoms with Gasteiger partial charge in [0.05, 0.1) is 24.2 Å². The van der Waals surface area contributed by atoms with Gasteiger partial charge in [0.2, 0.25) is 0 Å². The zero-order chi connectivity index (χ0) is 27.9. The fourth-order valence-electron chi connectivity index (χ4n) is 3.92. The van der Waals surface area contributed by atoms with Crippen molar-refractivity contribution < 1.29 is 13.9 Å². The Morgan fingerprint density at radius 3 is 2.55 bits per heavy atom. The zero-order valence-corrected chi connectivity index (χ0v) is 22.6. The molecule has 5 rings (SSSR count). The van der Waals surface area contributed by atoms with E-state index in [0.29, 0.717) is 32.8 Å². The van der Waals surface area contributed by atoms with Gasteiger partial charge in [0, 0.05) is 32.9 Å². The number of amides is 1. The van der Waals surface area contributed by atoms with Crippen molar-refractivity contribution in [2.45, 2.75) is 13.2 Å². The van der Waals surface area contributed by atoms with E-state index in [0.717, 1.165) is 16.8 Å². The third-order valence-corrected chi connectivity index (χ3v) is 6.56. The highest BCUT2D eigenvalue weighted by Crippen LogP contribution is 2.28. The molecule has 2 aromatic heterocycles. The van der Waals surface area contributed by atoms with E-state index in [-0.39, 0.29) is 18.7 Å². The molecule has 198 valence electrons. The smallest absolute Gasteiger partial charge is 0.262 e. The lowest BCUT2D eigenvalue weighted by Crippen LogP contribution is -2.23. The van der Waals surface area contributed by atoms with Gasteiger partial charge in [-0.2, -0.15) is 10.4 Å². The molecule has 2 heterocycles. The summed E-state index contributed by atoms with van der Waals surface area (Å²) in [6.45, 7) is 0.453. The first-order chi connectivity index (χ1) is 19.5. The maximum Gasteiger partial charge on any atom is 0.262 e. The molecule has 0 saturated heterocycles. The van der Waals surface area contributed by atoms with E-state index < -0.39 is 5.91 Å². The van der Waals surface area contributed by atoms with Crippen LogP contribution in [0.2, 0.25) is 10.0 Å². The number of halogens is 2. The number of nitriles is 1. The Labute approximate surface area is 240 Å². The Kier molecular flexibility index (Phi) is 8.31. The minimum atomic E-state index is -0.512. The van der Waals surface area contributed by atoms with Crippen molar-refractivity contribution in [3.05, 3.63) is 130 Å². The van der Waals surface area contributed by atoms with Crippen LogP contribution in [0.25, 0.3) is 23.0 Å². The molecular formula is C31H22Cl2N4O3. The standard InChI is InChI=1S/C31H22Cl2N4O3/c32-25-11-8-22(29(33)16-25)20-40-27-12-9-21(10-13-27)30-24(19-37(36-30)26-5-2-1-3-6-26)15-23(17-34)31(38)35-18-28-7-4-14-39-28/h1-16,19H,18,20H2,(H,35,38). The van der Waals surface area contributed by atoms with Crippen molar-refractivity contribution in [1.82, 2.24) is 15.1 Å². The van der Waals surface area contributed by atoms with E-state index in [2.05, 4.69) is 5.32 Å². The van der Waals surface area contributed by atoms with Crippen molar-refractivity contribution >= 4 is 35.2 Å². The van der Waals surface area contributed by atoms with Crippen LogP contribution in [0.4, 0.5) is 0 Å². The van der Waals surface area contributed by atoms with Crippen LogP contribution < -0.4 is 10.1 Å². The first-order valence-electron chi connectivity index (χ1n) is 12.2. The molecule has 1 N–H and O–H groups in total. The summed E-state index contributed by atoms with van der Waals surface area (Å²) in [6, 6.07) is 27.7. The molecule has 40 heavy (non-hydrogen) atoms. The van der Waals surface area contributed by atoms with Crippen molar-refractivity contribution in [3.63, 3.8) is 0 Å². The SMILES string of the molecule is N#CC(=Cc1cn(-c2ccccc2)nc1-c1ccc(OCc2ccc(Cl)cc2Cl)cc1)C(=O)NCc1ccco1. The number of nitrogens with one attached hydrogen (secondary N) is 1. The van der Waals surface area contributed by atoms with Crippen LogP contribution in [0.3, 0.4) is 0 Å². The molecule has 0 aliphatic rings. The Bertz CT molecular complexity index is 1690. The number of benzene rings is 3. The minimum Gasteiger partial charge on any atom is -0.489 e. The van der Waals surface area contributed by atoms with Gasteiger partial charge in [0.25, 0.3) is 5.91 Å². The van der Waals surface area contributed by atoms with Crippen LogP contribution in [0.15, 0.2) is 107 Å². The summed E-state index contributed by atoms with van der Waals surface area (Å²) >= 11 is 12.2. The summed E-state index contributed by atoms with van der Waals surface area (Å²) < 4.78 is 12.9.